The first-order chi connectivity index (χ1) is 7.47. The Morgan fingerprint density at radius 3 is 2.38 bits per heavy atom. The predicted octanol–water partition coefficient (Wildman–Crippen LogP) is 5.13. The molecule has 0 fully saturated rings. The van der Waals surface area contributed by atoms with Crippen LogP contribution in [0.15, 0.2) is 36.4 Å². The summed E-state index contributed by atoms with van der Waals surface area (Å²) in [4.78, 5) is 11.1. The van der Waals surface area contributed by atoms with E-state index in [-0.39, 0.29) is 12.1 Å². The Labute approximate surface area is 125 Å². The van der Waals surface area contributed by atoms with Gasteiger partial charge in [0.15, 0.2) is 0 Å². The molecule has 16 heavy (non-hydrogen) atoms. The fraction of sp³-hybridized carbons (Fsp3) is 0. The molecule has 0 aliphatic heterocycles. The molecule has 0 aliphatic rings. The number of carbonyl (C=O) groups is 1. The molecule has 1 aromatic rings. The summed E-state index contributed by atoms with van der Waals surface area (Å²) in [5, 5.41) is 0. The molecule has 0 spiro atoms. The third-order valence-electron chi connectivity index (χ3n) is 1.48. The van der Waals surface area contributed by atoms with E-state index in [2.05, 4.69) is 63.7 Å². The number of carbonyl (C=O) groups excluding carboxylic acids is 1. The molecule has 1 aromatic carbocycles. The first-order valence-electron chi connectivity index (χ1n) is 3.79. The Balaban J connectivity index is 3.11. The van der Waals surface area contributed by atoms with Crippen LogP contribution in [0.1, 0.15) is 0 Å². The Kier molecular flexibility index (Phi) is 5.63. The van der Waals surface area contributed by atoms with E-state index in [9.17, 15) is 9.18 Å². The second-order valence-electron chi connectivity index (χ2n) is 2.51. The van der Waals surface area contributed by atoms with Gasteiger partial charge in [0, 0.05) is 8.95 Å². The Bertz CT molecular complexity index is 459. The number of rotatable bonds is 2. The molecule has 0 saturated heterocycles. The van der Waals surface area contributed by atoms with Crippen molar-refractivity contribution in [2.45, 2.75) is 0 Å². The van der Waals surface area contributed by atoms with E-state index in [0.717, 1.165) is 4.47 Å². The zero-order chi connectivity index (χ0) is 12.3. The molecule has 2 nitrogen and oxygen atoms in total. The van der Waals surface area contributed by atoms with Gasteiger partial charge in [-0.1, -0.05) is 0 Å². The normalized spacial score (nSPS) is 10.8. The molecule has 0 radical (unpaired) electrons. The summed E-state index contributed by atoms with van der Waals surface area (Å²) in [6.07, 6.45) is 0.815. The monoisotopic (exact) mass is 478 g/mol. The molecule has 0 bridgehead atoms. The van der Waals surface area contributed by atoms with Gasteiger partial charge in [-0.15, -0.1) is 0 Å². The van der Waals surface area contributed by atoms with Crippen molar-refractivity contribution in [1.29, 1.82) is 0 Å². The quantitative estimate of drug-likeness (QED) is 0.193. The first kappa shape index (κ1) is 14.3. The van der Waals surface area contributed by atoms with Crippen LogP contribution in [-0.4, -0.2) is 5.97 Å². The molecule has 7 heteroatoms. The van der Waals surface area contributed by atoms with Crippen molar-refractivity contribution in [2.75, 3.05) is 0 Å². The highest BCUT2D eigenvalue weighted by Crippen LogP contribution is 2.42. The van der Waals surface area contributed by atoms with Crippen LogP contribution >= 0.6 is 63.7 Å². The summed E-state index contributed by atoms with van der Waals surface area (Å²) in [7, 11) is 0. The highest BCUT2D eigenvalue weighted by atomic mass is 79.9. The molecular weight excluding hydrogens is 479 g/mol. The maximum atomic E-state index is 11.8. The third-order valence-corrected chi connectivity index (χ3v) is 6.10. The molecule has 0 unspecified atom stereocenters. The molecule has 0 heterocycles. The summed E-state index contributed by atoms with van der Waals surface area (Å²) in [5.41, 5.74) is 0. The minimum absolute atomic E-state index is 0.124. The summed E-state index contributed by atoms with van der Waals surface area (Å²) in [6, 6.07) is 1.59. The number of benzene rings is 1. The average molecular weight is 482 g/mol. The van der Waals surface area contributed by atoms with Crippen molar-refractivity contribution in [2.24, 2.45) is 0 Å². The van der Waals surface area contributed by atoms with Gasteiger partial charge in [-0.3, -0.25) is 0 Å². The molecule has 0 atom stereocenters. The number of hydrogen-bond acceptors (Lipinski definition) is 2. The number of halogens is 5. The topological polar surface area (TPSA) is 26.3 Å². The van der Waals surface area contributed by atoms with E-state index >= 15 is 0 Å². The Hall–Kier alpha value is 0.280. The van der Waals surface area contributed by atoms with E-state index in [4.69, 9.17) is 4.74 Å². The molecule has 86 valence electrons. The summed E-state index contributed by atoms with van der Waals surface area (Å²) in [5.74, 6) is -0.505. The van der Waals surface area contributed by atoms with Crippen molar-refractivity contribution in [3.8, 4) is 5.75 Å². The van der Waals surface area contributed by atoms with Gasteiger partial charge in [-0.2, -0.15) is 0 Å². The van der Waals surface area contributed by atoms with E-state index < -0.39 is 5.97 Å². The van der Waals surface area contributed by atoms with Gasteiger partial charge in [-0.05, 0) is 69.8 Å². The minimum Gasteiger partial charge on any atom is -0.422 e. The van der Waals surface area contributed by atoms with Gasteiger partial charge in [0.05, 0.1) is 21.4 Å². The molecular formula is C9H3Br4FO2. The SMILES string of the molecule is O=C(C=CF)Oc1cc(Br)c(Br)c(Br)c1Br. The van der Waals surface area contributed by atoms with Gasteiger partial charge in [0.25, 0.3) is 0 Å². The predicted molar refractivity (Wildman–Crippen MR) is 73.1 cm³/mol. The third kappa shape index (κ3) is 3.38. The van der Waals surface area contributed by atoms with Crippen molar-refractivity contribution < 1.29 is 13.9 Å². The van der Waals surface area contributed by atoms with Gasteiger partial charge < -0.3 is 4.74 Å². The lowest BCUT2D eigenvalue weighted by atomic mass is 10.3. The van der Waals surface area contributed by atoms with Crippen LogP contribution in [0.5, 0.6) is 5.75 Å². The zero-order valence-electron chi connectivity index (χ0n) is 7.44. The molecule has 0 aliphatic carbocycles. The van der Waals surface area contributed by atoms with Crippen LogP contribution in [0, 0.1) is 0 Å². The lowest BCUT2D eigenvalue weighted by molar-refractivity contribution is -0.129. The fourth-order valence-corrected chi connectivity index (χ4v) is 2.87. The second kappa shape index (κ2) is 6.28. The van der Waals surface area contributed by atoms with E-state index in [1.165, 1.54) is 0 Å². The maximum absolute atomic E-state index is 11.8. The van der Waals surface area contributed by atoms with E-state index in [0.29, 0.717) is 19.5 Å². The smallest absolute Gasteiger partial charge is 0.338 e. The highest BCUT2D eigenvalue weighted by molar-refractivity contribution is 9.15. The van der Waals surface area contributed by atoms with E-state index in [1.54, 1.807) is 6.07 Å². The largest absolute Gasteiger partial charge is 0.422 e. The van der Waals surface area contributed by atoms with Crippen molar-refractivity contribution in [1.82, 2.24) is 0 Å². The number of hydrogen-bond donors (Lipinski definition) is 0. The van der Waals surface area contributed by atoms with Crippen LogP contribution in [0.4, 0.5) is 4.39 Å². The zero-order valence-corrected chi connectivity index (χ0v) is 13.8. The van der Waals surface area contributed by atoms with Crippen LogP contribution < -0.4 is 4.74 Å². The molecule has 0 aromatic heterocycles. The highest BCUT2D eigenvalue weighted by Gasteiger charge is 2.14. The van der Waals surface area contributed by atoms with Gasteiger partial charge in [0.1, 0.15) is 5.75 Å². The van der Waals surface area contributed by atoms with Crippen LogP contribution in [-0.2, 0) is 4.79 Å². The standard InChI is InChI=1S/C9H3Br4FO2/c10-4-3-5(16-6(15)1-2-14)8(12)9(13)7(4)11/h1-3H. The fourth-order valence-electron chi connectivity index (χ4n) is 0.819. The first-order valence-corrected chi connectivity index (χ1v) is 6.96. The molecule has 0 amide bonds. The van der Waals surface area contributed by atoms with Gasteiger partial charge in [0.2, 0.25) is 0 Å². The number of ether oxygens (including phenoxy) is 1. The van der Waals surface area contributed by atoms with Crippen LogP contribution in [0.2, 0.25) is 0 Å². The maximum Gasteiger partial charge on any atom is 0.338 e. The Morgan fingerprint density at radius 2 is 1.81 bits per heavy atom. The second-order valence-corrected chi connectivity index (χ2v) is 5.75. The lowest BCUT2D eigenvalue weighted by Crippen LogP contribution is -2.04. The van der Waals surface area contributed by atoms with Gasteiger partial charge in [-0.25, -0.2) is 9.18 Å². The van der Waals surface area contributed by atoms with Crippen molar-refractivity contribution >= 4 is 69.7 Å². The summed E-state index contributed by atoms with van der Waals surface area (Å²) < 4.78 is 19.4. The number of esters is 1. The molecule has 1 rings (SSSR count). The molecule has 0 saturated carbocycles. The summed E-state index contributed by atoms with van der Waals surface area (Å²) in [6.45, 7) is 0. The van der Waals surface area contributed by atoms with Crippen molar-refractivity contribution in [3.05, 3.63) is 36.4 Å². The molecule has 0 N–H and O–H groups in total. The van der Waals surface area contributed by atoms with Crippen LogP contribution in [0.3, 0.4) is 0 Å². The average Bonchev–Trinajstić information content (AvgIpc) is 2.23. The van der Waals surface area contributed by atoms with Gasteiger partial charge >= 0.3 is 5.97 Å². The Morgan fingerprint density at radius 1 is 1.19 bits per heavy atom. The minimum atomic E-state index is -0.788. The lowest BCUT2D eigenvalue weighted by Gasteiger charge is -2.09. The van der Waals surface area contributed by atoms with Crippen molar-refractivity contribution in [3.63, 3.8) is 0 Å². The summed E-state index contributed by atoms with van der Waals surface area (Å²) >= 11 is 13.2. The van der Waals surface area contributed by atoms with E-state index in [1.807, 2.05) is 0 Å². The van der Waals surface area contributed by atoms with Crippen LogP contribution in [0.25, 0.3) is 0 Å².